The van der Waals surface area contributed by atoms with Crippen LogP contribution in [0.3, 0.4) is 0 Å². The number of aromatic nitrogens is 3. The van der Waals surface area contributed by atoms with E-state index in [1.807, 2.05) is 31.6 Å². The van der Waals surface area contributed by atoms with Gasteiger partial charge >= 0.3 is 0 Å². The molecule has 0 fully saturated rings. The molecular formula is C22H26N4O. The van der Waals surface area contributed by atoms with Crippen LogP contribution in [0.2, 0.25) is 0 Å². The topological polar surface area (TPSA) is 52.0 Å². The van der Waals surface area contributed by atoms with Gasteiger partial charge in [0.1, 0.15) is 5.82 Å². The molecule has 0 spiro atoms. The standard InChI is InChI=1S/C22H26N4O/c1-22(2,20-6-4-5-11-24-20)21-25-18-14-17(23-3)7-8-19(18)26(21)15-16-9-12-27-13-10-16/h4-9,11-12,14,16,23H,10,13,15H2,1-3H3. The molecular weight excluding hydrogens is 336 g/mol. The molecule has 0 saturated carbocycles. The second-order valence-corrected chi connectivity index (χ2v) is 7.59. The first-order valence-corrected chi connectivity index (χ1v) is 9.48. The third kappa shape index (κ3) is 3.29. The fraction of sp³-hybridized carbons (Fsp3) is 0.364. The van der Waals surface area contributed by atoms with Crippen LogP contribution in [0.15, 0.2) is 54.9 Å². The molecule has 5 nitrogen and oxygen atoms in total. The summed E-state index contributed by atoms with van der Waals surface area (Å²) < 4.78 is 7.74. The summed E-state index contributed by atoms with van der Waals surface area (Å²) in [6.07, 6.45) is 6.86. The molecule has 1 atom stereocenters. The number of rotatable bonds is 5. The zero-order chi connectivity index (χ0) is 18.9. The number of hydrogen-bond donors (Lipinski definition) is 1. The highest BCUT2D eigenvalue weighted by atomic mass is 16.5. The molecule has 1 aliphatic heterocycles. The Hall–Kier alpha value is -2.82. The van der Waals surface area contributed by atoms with E-state index in [2.05, 4.69) is 59.1 Å². The Balaban J connectivity index is 1.85. The van der Waals surface area contributed by atoms with E-state index in [1.54, 1.807) is 0 Å². The summed E-state index contributed by atoms with van der Waals surface area (Å²) in [6, 6.07) is 12.5. The first kappa shape index (κ1) is 17.6. The van der Waals surface area contributed by atoms with Crippen molar-refractivity contribution in [1.29, 1.82) is 0 Å². The van der Waals surface area contributed by atoms with E-state index in [9.17, 15) is 0 Å². The second-order valence-electron chi connectivity index (χ2n) is 7.59. The van der Waals surface area contributed by atoms with E-state index in [1.165, 1.54) is 0 Å². The largest absolute Gasteiger partial charge is 0.501 e. The molecule has 1 N–H and O–H groups in total. The van der Waals surface area contributed by atoms with Crippen molar-refractivity contribution in [2.24, 2.45) is 5.92 Å². The maximum atomic E-state index is 5.38. The van der Waals surface area contributed by atoms with Gasteiger partial charge in [-0.2, -0.15) is 0 Å². The zero-order valence-electron chi connectivity index (χ0n) is 16.1. The van der Waals surface area contributed by atoms with Gasteiger partial charge in [-0.05, 0) is 56.7 Å². The molecule has 140 valence electrons. The summed E-state index contributed by atoms with van der Waals surface area (Å²) in [5, 5.41) is 3.21. The number of imidazole rings is 1. The van der Waals surface area contributed by atoms with Gasteiger partial charge in [0.25, 0.3) is 0 Å². The van der Waals surface area contributed by atoms with Crippen molar-refractivity contribution < 1.29 is 4.74 Å². The van der Waals surface area contributed by atoms with Gasteiger partial charge in [-0.15, -0.1) is 0 Å². The first-order chi connectivity index (χ1) is 13.1. The predicted octanol–water partition coefficient (Wildman–Crippen LogP) is 4.35. The minimum atomic E-state index is -0.297. The van der Waals surface area contributed by atoms with Crippen LogP contribution in [-0.4, -0.2) is 28.2 Å². The van der Waals surface area contributed by atoms with Crippen molar-refractivity contribution in [3.05, 3.63) is 66.5 Å². The lowest BCUT2D eigenvalue weighted by molar-refractivity contribution is 0.202. The molecule has 4 rings (SSSR count). The van der Waals surface area contributed by atoms with E-state index in [0.717, 1.165) is 47.8 Å². The van der Waals surface area contributed by atoms with Crippen LogP contribution >= 0.6 is 0 Å². The SMILES string of the molecule is CNc1ccc2c(c1)nc(C(C)(C)c1ccccn1)n2CC1C=COCC1. The Morgan fingerprint density at radius 2 is 2.15 bits per heavy atom. The molecule has 1 aromatic carbocycles. The fourth-order valence-corrected chi connectivity index (χ4v) is 3.73. The van der Waals surface area contributed by atoms with Crippen LogP contribution in [0, 0.1) is 5.92 Å². The molecule has 0 amide bonds. The van der Waals surface area contributed by atoms with E-state index in [-0.39, 0.29) is 5.41 Å². The molecule has 2 aromatic heterocycles. The van der Waals surface area contributed by atoms with Crippen molar-refractivity contribution in [1.82, 2.24) is 14.5 Å². The van der Waals surface area contributed by atoms with Crippen molar-refractivity contribution in [2.75, 3.05) is 19.0 Å². The molecule has 1 aliphatic rings. The lowest BCUT2D eigenvalue weighted by Crippen LogP contribution is -2.27. The summed E-state index contributed by atoms with van der Waals surface area (Å²) in [7, 11) is 1.93. The Kier molecular flexibility index (Phi) is 4.60. The summed E-state index contributed by atoms with van der Waals surface area (Å²) in [5.74, 6) is 1.49. The van der Waals surface area contributed by atoms with E-state index in [0.29, 0.717) is 5.92 Å². The van der Waals surface area contributed by atoms with E-state index in [4.69, 9.17) is 9.72 Å². The Bertz CT molecular complexity index is 959. The molecule has 0 bridgehead atoms. The van der Waals surface area contributed by atoms with Crippen LogP contribution in [-0.2, 0) is 16.7 Å². The quantitative estimate of drug-likeness (QED) is 0.733. The van der Waals surface area contributed by atoms with Gasteiger partial charge in [-0.1, -0.05) is 6.07 Å². The molecule has 0 aliphatic carbocycles. The minimum Gasteiger partial charge on any atom is -0.501 e. The average molecular weight is 362 g/mol. The van der Waals surface area contributed by atoms with Gasteiger partial charge < -0.3 is 14.6 Å². The number of allylic oxidation sites excluding steroid dienone is 1. The summed E-state index contributed by atoms with van der Waals surface area (Å²) in [5.41, 5.74) is 3.97. The first-order valence-electron chi connectivity index (χ1n) is 9.48. The molecule has 5 heteroatoms. The third-order valence-electron chi connectivity index (χ3n) is 5.37. The summed E-state index contributed by atoms with van der Waals surface area (Å²) in [4.78, 5) is 9.68. The van der Waals surface area contributed by atoms with Gasteiger partial charge in [0.2, 0.25) is 0 Å². The molecule has 27 heavy (non-hydrogen) atoms. The van der Waals surface area contributed by atoms with Gasteiger partial charge in [0.05, 0.1) is 35.0 Å². The van der Waals surface area contributed by atoms with Crippen molar-refractivity contribution >= 4 is 16.7 Å². The zero-order valence-corrected chi connectivity index (χ0v) is 16.1. The molecule has 1 unspecified atom stereocenters. The Morgan fingerprint density at radius 1 is 1.26 bits per heavy atom. The predicted molar refractivity (Wildman–Crippen MR) is 109 cm³/mol. The molecule has 3 aromatic rings. The van der Waals surface area contributed by atoms with Crippen LogP contribution < -0.4 is 5.32 Å². The normalized spacial score (nSPS) is 17.1. The van der Waals surface area contributed by atoms with E-state index < -0.39 is 0 Å². The maximum Gasteiger partial charge on any atom is 0.121 e. The van der Waals surface area contributed by atoms with Crippen LogP contribution in [0.5, 0.6) is 0 Å². The number of hydrogen-bond acceptors (Lipinski definition) is 4. The number of pyridine rings is 1. The average Bonchev–Trinajstić information content (AvgIpc) is 3.08. The fourth-order valence-electron chi connectivity index (χ4n) is 3.73. The highest BCUT2D eigenvalue weighted by Crippen LogP contribution is 2.34. The number of nitrogens with one attached hydrogen (secondary N) is 1. The van der Waals surface area contributed by atoms with Crippen LogP contribution in [0.4, 0.5) is 5.69 Å². The molecule has 0 saturated heterocycles. The number of anilines is 1. The monoisotopic (exact) mass is 362 g/mol. The van der Waals surface area contributed by atoms with Crippen molar-refractivity contribution in [3.63, 3.8) is 0 Å². The van der Waals surface area contributed by atoms with Crippen molar-refractivity contribution in [2.45, 2.75) is 32.2 Å². The van der Waals surface area contributed by atoms with Crippen LogP contribution in [0.1, 0.15) is 31.8 Å². The number of ether oxygens (including phenoxy) is 1. The second kappa shape index (κ2) is 7.06. The highest BCUT2D eigenvalue weighted by molar-refractivity contribution is 5.80. The lowest BCUT2D eigenvalue weighted by atomic mass is 9.87. The third-order valence-corrected chi connectivity index (χ3v) is 5.37. The van der Waals surface area contributed by atoms with Gasteiger partial charge in [0, 0.05) is 31.4 Å². The van der Waals surface area contributed by atoms with Gasteiger partial charge in [-0.3, -0.25) is 4.98 Å². The molecule has 3 heterocycles. The number of nitrogens with zero attached hydrogens (tertiary/aromatic N) is 3. The van der Waals surface area contributed by atoms with Gasteiger partial charge in [-0.25, -0.2) is 4.98 Å². The highest BCUT2D eigenvalue weighted by Gasteiger charge is 2.31. The maximum absolute atomic E-state index is 5.38. The summed E-state index contributed by atoms with van der Waals surface area (Å²) >= 11 is 0. The van der Waals surface area contributed by atoms with Crippen molar-refractivity contribution in [3.8, 4) is 0 Å². The minimum absolute atomic E-state index is 0.297. The smallest absolute Gasteiger partial charge is 0.121 e. The lowest BCUT2D eigenvalue weighted by Gasteiger charge is -2.27. The number of fused-ring (bicyclic) bond motifs is 1. The Morgan fingerprint density at radius 3 is 2.85 bits per heavy atom. The van der Waals surface area contributed by atoms with E-state index >= 15 is 0 Å². The van der Waals surface area contributed by atoms with Gasteiger partial charge in [0.15, 0.2) is 0 Å². The summed E-state index contributed by atoms with van der Waals surface area (Å²) in [6.45, 7) is 6.06. The molecule has 0 radical (unpaired) electrons. The van der Waals surface area contributed by atoms with Crippen LogP contribution in [0.25, 0.3) is 11.0 Å². The number of benzene rings is 1. The Labute approximate surface area is 160 Å².